The van der Waals surface area contributed by atoms with Crippen LogP contribution < -0.4 is 16.4 Å². The number of thioether (sulfide) groups is 1. The van der Waals surface area contributed by atoms with Crippen molar-refractivity contribution in [3.05, 3.63) is 24.3 Å². The van der Waals surface area contributed by atoms with Gasteiger partial charge in [-0.1, -0.05) is 12.1 Å². The number of nitrogens with one attached hydrogen (secondary N) is 2. The summed E-state index contributed by atoms with van der Waals surface area (Å²) in [7, 11) is 0. The van der Waals surface area contributed by atoms with Crippen LogP contribution in [0.5, 0.6) is 0 Å². The highest BCUT2D eigenvalue weighted by Gasteiger charge is 2.18. The monoisotopic (exact) mass is 293 g/mol. The summed E-state index contributed by atoms with van der Waals surface area (Å²) in [6, 6.07) is 7.45. The van der Waals surface area contributed by atoms with Crippen molar-refractivity contribution in [1.82, 2.24) is 5.32 Å². The van der Waals surface area contributed by atoms with E-state index in [9.17, 15) is 9.59 Å². The molecule has 4 N–H and O–H groups in total. The van der Waals surface area contributed by atoms with Crippen LogP contribution in [0.1, 0.15) is 12.8 Å². The number of benzene rings is 1. The molecule has 2 amide bonds. The number of hydrogen-bond acceptors (Lipinski definition) is 4. The van der Waals surface area contributed by atoms with E-state index in [0.29, 0.717) is 12.3 Å². The van der Waals surface area contributed by atoms with E-state index in [0.717, 1.165) is 30.1 Å². The molecule has 108 valence electrons. The molecular formula is C14H19N3O2S. The zero-order valence-corrected chi connectivity index (χ0v) is 12.0. The lowest BCUT2D eigenvalue weighted by atomic mass is 10.0. The van der Waals surface area contributed by atoms with Crippen molar-refractivity contribution in [2.75, 3.05) is 24.2 Å². The SMILES string of the molecule is NC(=O)CSc1ccccc1NC(=O)CC1CCNC1. The minimum Gasteiger partial charge on any atom is -0.369 e. The molecule has 1 heterocycles. The maximum atomic E-state index is 12.0. The van der Waals surface area contributed by atoms with Gasteiger partial charge in [-0.05, 0) is 37.6 Å². The summed E-state index contributed by atoms with van der Waals surface area (Å²) in [5, 5.41) is 6.17. The average molecular weight is 293 g/mol. The van der Waals surface area contributed by atoms with E-state index in [1.165, 1.54) is 11.8 Å². The van der Waals surface area contributed by atoms with Gasteiger partial charge in [0.1, 0.15) is 0 Å². The van der Waals surface area contributed by atoms with Crippen molar-refractivity contribution in [1.29, 1.82) is 0 Å². The molecular weight excluding hydrogens is 274 g/mol. The third-order valence-electron chi connectivity index (χ3n) is 3.17. The largest absolute Gasteiger partial charge is 0.369 e. The lowest BCUT2D eigenvalue weighted by molar-refractivity contribution is -0.117. The van der Waals surface area contributed by atoms with E-state index in [1.807, 2.05) is 24.3 Å². The fraction of sp³-hybridized carbons (Fsp3) is 0.429. The Balaban J connectivity index is 1.93. The standard InChI is InChI=1S/C14H19N3O2S/c15-13(18)9-20-12-4-2-1-3-11(12)17-14(19)7-10-5-6-16-8-10/h1-4,10,16H,5-9H2,(H2,15,18)(H,17,19). The Hall–Kier alpha value is -1.53. The number of carbonyl (C=O) groups excluding carboxylic acids is 2. The van der Waals surface area contributed by atoms with Gasteiger partial charge in [0.2, 0.25) is 11.8 Å². The third-order valence-corrected chi connectivity index (χ3v) is 4.26. The molecule has 20 heavy (non-hydrogen) atoms. The Morgan fingerprint density at radius 2 is 2.20 bits per heavy atom. The Morgan fingerprint density at radius 1 is 1.40 bits per heavy atom. The van der Waals surface area contributed by atoms with Crippen LogP contribution in [0.15, 0.2) is 29.2 Å². The second-order valence-corrected chi connectivity index (χ2v) is 5.88. The number of rotatable bonds is 6. The van der Waals surface area contributed by atoms with Crippen molar-refractivity contribution in [2.45, 2.75) is 17.7 Å². The van der Waals surface area contributed by atoms with Gasteiger partial charge in [0, 0.05) is 11.3 Å². The zero-order chi connectivity index (χ0) is 14.4. The maximum absolute atomic E-state index is 12.0. The van der Waals surface area contributed by atoms with Crippen molar-refractivity contribution >= 4 is 29.3 Å². The fourth-order valence-corrected chi connectivity index (χ4v) is 2.94. The third kappa shape index (κ3) is 4.54. The Kier molecular flexibility index (Phi) is 5.43. The van der Waals surface area contributed by atoms with Crippen LogP contribution in [-0.2, 0) is 9.59 Å². The Labute approximate surface area is 122 Å². The van der Waals surface area contributed by atoms with Crippen molar-refractivity contribution in [2.24, 2.45) is 11.7 Å². The smallest absolute Gasteiger partial charge is 0.227 e. The van der Waals surface area contributed by atoms with Gasteiger partial charge in [-0.2, -0.15) is 0 Å². The van der Waals surface area contributed by atoms with E-state index in [-0.39, 0.29) is 17.6 Å². The molecule has 0 saturated carbocycles. The van der Waals surface area contributed by atoms with E-state index in [2.05, 4.69) is 10.6 Å². The Morgan fingerprint density at radius 3 is 2.90 bits per heavy atom. The predicted molar refractivity (Wildman–Crippen MR) is 80.6 cm³/mol. The van der Waals surface area contributed by atoms with E-state index in [4.69, 9.17) is 5.73 Å². The molecule has 1 aliphatic heterocycles. The van der Waals surface area contributed by atoms with E-state index >= 15 is 0 Å². The zero-order valence-electron chi connectivity index (χ0n) is 11.2. The maximum Gasteiger partial charge on any atom is 0.227 e. The lowest BCUT2D eigenvalue weighted by Gasteiger charge is -2.12. The second-order valence-electron chi connectivity index (χ2n) is 4.86. The van der Waals surface area contributed by atoms with Gasteiger partial charge in [0.15, 0.2) is 0 Å². The van der Waals surface area contributed by atoms with E-state index in [1.54, 1.807) is 0 Å². The number of nitrogens with two attached hydrogens (primary N) is 1. The molecule has 0 aromatic heterocycles. The number of para-hydroxylation sites is 1. The first-order chi connectivity index (χ1) is 9.65. The molecule has 1 unspecified atom stereocenters. The van der Waals surface area contributed by atoms with E-state index < -0.39 is 0 Å². The molecule has 2 rings (SSSR count). The summed E-state index contributed by atoms with van der Waals surface area (Å²) >= 11 is 1.34. The predicted octanol–water partition coefficient (Wildman–Crippen LogP) is 1.20. The Bertz CT molecular complexity index is 487. The highest BCUT2D eigenvalue weighted by molar-refractivity contribution is 8.00. The highest BCUT2D eigenvalue weighted by Crippen LogP contribution is 2.27. The highest BCUT2D eigenvalue weighted by atomic mass is 32.2. The van der Waals surface area contributed by atoms with Gasteiger partial charge < -0.3 is 16.4 Å². The van der Waals surface area contributed by atoms with Gasteiger partial charge in [-0.15, -0.1) is 11.8 Å². The van der Waals surface area contributed by atoms with Crippen LogP contribution >= 0.6 is 11.8 Å². The molecule has 0 radical (unpaired) electrons. The molecule has 1 atom stereocenters. The first kappa shape index (κ1) is 14.9. The normalized spacial score (nSPS) is 17.9. The summed E-state index contributed by atoms with van der Waals surface area (Å²) in [6.07, 6.45) is 1.58. The fourth-order valence-electron chi connectivity index (χ4n) is 2.20. The van der Waals surface area contributed by atoms with Crippen LogP contribution in [0.3, 0.4) is 0 Å². The molecule has 1 aromatic rings. The van der Waals surface area contributed by atoms with Crippen molar-refractivity contribution in [3.8, 4) is 0 Å². The van der Waals surface area contributed by atoms with Crippen LogP contribution in [0, 0.1) is 5.92 Å². The summed E-state index contributed by atoms with van der Waals surface area (Å²) < 4.78 is 0. The molecule has 5 nitrogen and oxygen atoms in total. The molecule has 6 heteroatoms. The number of amides is 2. The average Bonchev–Trinajstić information content (AvgIpc) is 2.90. The van der Waals surface area contributed by atoms with Crippen LogP contribution in [0.4, 0.5) is 5.69 Å². The summed E-state index contributed by atoms with van der Waals surface area (Å²) in [4.78, 5) is 23.7. The summed E-state index contributed by atoms with van der Waals surface area (Å²) in [6.45, 7) is 1.90. The van der Waals surface area contributed by atoms with Gasteiger partial charge >= 0.3 is 0 Å². The molecule has 1 saturated heterocycles. The molecule has 1 aromatic carbocycles. The molecule has 1 aliphatic rings. The first-order valence-electron chi connectivity index (χ1n) is 6.66. The minimum atomic E-state index is -0.367. The first-order valence-corrected chi connectivity index (χ1v) is 7.64. The lowest BCUT2D eigenvalue weighted by Crippen LogP contribution is -2.19. The van der Waals surface area contributed by atoms with Crippen LogP contribution in [-0.4, -0.2) is 30.7 Å². The van der Waals surface area contributed by atoms with Crippen LogP contribution in [0.25, 0.3) is 0 Å². The molecule has 1 fully saturated rings. The van der Waals surface area contributed by atoms with Gasteiger partial charge in [0.05, 0.1) is 11.4 Å². The quantitative estimate of drug-likeness (QED) is 0.688. The van der Waals surface area contributed by atoms with Crippen molar-refractivity contribution < 1.29 is 9.59 Å². The summed E-state index contributed by atoms with van der Waals surface area (Å²) in [5.41, 5.74) is 5.89. The van der Waals surface area contributed by atoms with Crippen molar-refractivity contribution in [3.63, 3.8) is 0 Å². The van der Waals surface area contributed by atoms with Gasteiger partial charge in [-0.3, -0.25) is 9.59 Å². The molecule has 0 aliphatic carbocycles. The molecule has 0 spiro atoms. The number of anilines is 1. The number of primary amides is 1. The molecule has 0 bridgehead atoms. The second kappa shape index (κ2) is 7.31. The number of hydrogen-bond donors (Lipinski definition) is 3. The van der Waals surface area contributed by atoms with Gasteiger partial charge in [-0.25, -0.2) is 0 Å². The summed E-state index contributed by atoms with van der Waals surface area (Å²) in [5.74, 6) is 0.277. The topological polar surface area (TPSA) is 84.2 Å². The minimum absolute atomic E-state index is 0.0193. The van der Waals surface area contributed by atoms with Gasteiger partial charge in [0.25, 0.3) is 0 Å². The number of carbonyl (C=O) groups is 2. The van der Waals surface area contributed by atoms with Crippen LogP contribution in [0.2, 0.25) is 0 Å².